The zero-order valence-corrected chi connectivity index (χ0v) is 8.63. The summed E-state index contributed by atoms with van der Waals surface area (Å²) >= 11 is 0. The Kier molecular flexibility index (Phi) is 2.74. The van der Waals surface area contributed by atoms with E-state index in [1.807, 2.05) is 0 Å². The molecule has 0 unspecified atom stereocenters. The van der Waals surface area contributed by atoms with Gasteiger partial charge in [0.15, 0.2) is 17.0 Å². The van der Waals surface area contributed by atoms with Crippen LogP contribution in [0.25, 0.3) is 0 Å². The number of hydrogen-bond acceptors (Lipinski definition) is 4. The zero-order valence-electron chi connectivity index (χ0n) is 8.63. The summed E-state index contributed by atoms with van der Waals surface area (Å²) < 4.78 is 10.0. The van der Waals surface area contributed by atoms with Crippen LogP contribution in [0.3, 0.4) is 0 Å². The van der Waals surface area contributed by atoms with Gasteiger partial charge in [0.1, 0.15) is 0 Å². The summed E-state index contributed by atoms with van der Waals surface area (Å²) in [6.45, 7) is 4.51. The zero-order chi connectivity index (χ0) is 10.9. The van der Waals surface area contributed by atoms with E-state index in [2.05, 4.69) is 0 Å². The quantitative estimate of drug-likeness (QED) is 0.672. The van der Waals surface area contributed by atoms with E-state index < -0.39 is 0 Å². The van der Waals surface area contributed by atoms with Crippen LogP contribution < -0.4 is 10.2 Å². The van der Waals surface area contributed by atoms with Crippen molar-refractivity contribution in [1.29, 1.82) is 0 Å². The maximum atomic E-state index is 11.6. The Labute approximate surface area is 81.5 Å². The fraction of sp³-hybridized carbons (Fsp3) is 0.400. The van der Waals surface area contributed by atoms with E-state index >= 15 is 0 Å². The summed E-state index contributed by atoms with van der Waals surface area (Å²) in [5.74, 6) is -0.110. The van der Waals surface area contributed by atoms with Gasteiger partial charge in [-0.15, -0.1) is 0 Å². The van der Waals surface area contributed by atoms with Crippen LogP contribution in [0.1, 0.15) is 28.6 Å². The van der Waals surface area contributed by atoms with Crippen LogP contribution >= 0.6 is 0 Å². The maximum absolute atomic E-state index is 11.6. The molecule has 0 spiro atoms. The molecule has 4 heteroatoms. The van der Waals surface area contributed by atoms with E-state index in [1.165, 1.54) is 14.0 Å². The first kappa shape index (κ1) is 10.5. The fourth-order valence-corrected chi connectivity index (χ4v) is 1.25. The summed E-state index contributed by atoms with van der Waals surface area (Å²) in [5.41, 5.74) is 0.504. The first-order valence-corrected chi connectivity index (χ1v) is 4.18. The molecule has 14 heavy (non-hydrogen) atoms. The second kappa shape index (κ2) is 3.65. The molecular formula is C10H12O4. The van der Waals surface area contributed by atoms with E-state index in [9.17, 15) is 9.59 Å². The van der Waals surface area contributed by atoms with Gasteiger partial charge in [-0.3, -0.25) is 9.59 Å². The topological polar surface area (TPSA) is 56.5 Å². The number of ether oxygens (including phenoxy) is 1. The number of carbonyl (C=O) groups excluding carboxylic acids is 1. The molecule has 0 fully saturated rings. The van der Waals surface area contributed by atoms with Crippen LogP contribution in [-0.2, 0) is 0 Å². The third-order valence-corrected chi connectivity index (χ3v) is 2.03. The Bertz CT molecular complexity index is 428. The molecule has 0 N–H and O–H groups in total. The van der Waals surface area contributed by atoms with Gasteiger partial charge in [-0.25, -0.2) is 0 Å². The van der Waals surface area contributed by atoms with Crippen molar-refractivity contribution in [3.05, 3.63) is 27.1 Å². The van der Waals surface area contributed by atoms with Gasteiger partial charge in [0, 0.05) is 12.5 Å². The lowest BCUT2D eigenvalue weighted by atomic mass is 10.1. The van der Waals surface area contributed by atoms with Gasteiger partial charge in [0.2, 0.25) is 0 Å². The molecule has 0 aromatic carbocycles. The van der Waals surface area contributed by atoms with Crippen LogP contribution in [0.2, 0.25) is 0 Å². The van der Waals surface area contributed by atoms with Gasteiger partial charge in [0.25, 0.3) is 5.95 Å². The molecule has 1 rings (SSSR count). The highest BCUT2D eigenvalue weighted by Crippen LogP contribution is 2.18. The molecular weight excluding hydrogens is 184 g/mol. The summed E-state index contributed by atoms with van der Waals surface area (Å²) in [5, 5.41) is 0. The van der Waals surface area contributed by atoms with Gasteiger partial charge >= 0.3 is 0 Å². The lowest BCUT2D eigenvalue weighted by Crippen LogP contribution is -2.14. The van der Waals surface area contributed by atoms with Crippen molar-refractivity contribution in [2.24, 2.45) is 0 Å². The molecule has 1 aromatic heterocycles. The van der Waals surface area contributed by atoms with Crippen LogP contribution in [-0.4, -0.2) is 12.9 Å². The Balaban J connectivity index is 3.57. The van der Waals surface area contributed by atoms with Crippen LogP contribution in [0.4, 0.5) is 0 Å². The summed E-state index contributed by atoms with van der Waals surface area (Å²) in [7, 11) is 1.39. The highest BCUT2D eigenvalue weighted by molar-refractivity contribution is 5.92. The Hall–Kier alpha value is -1.58. The van der Waals surface area contributed by atoms with Crippen molar-refractivity contribution >= 4 is 5.78 Å². The average Bonchev–Trinajstić information content (AvgIpc) is 2.14. The van der Waals surface area contributed by atoms with E-state index in [1.54, 1.807) is 13.8 Å². The van der Waals surface area contributed by atoms with Gasteiger partial charge in [0.05, 0.1) is 12.7 Å². The van der Waals surface area contributed by atoms with Crippen molar-refractivity contribution in [2.75, 3.05) is 7.11 Å². The maximum Gasteiger partial charge on any atom is 0.291 e. The smallest absolute Gasteiger partial charge is 0.291 e. The fourth-order valence-electron chi connectivity index (χ4n) is 1.25. The average molecular weight is 196 g/mol. The van der Waals surface area contributed by atoms with Crippen LogP contribution in [0.5, 0.6) is 5.95 Å². The van der Waals surface area contributed by atoms with Gasteiger partial charge < -0.3 is 9.15 Å². The third-order valence-electron chi connectivity index (χ3n) is 2.03. The van der Waals surface area contributed by atoms with Crippen molar-refractivity contribution in [1.82, 2.24) is 0 Å². The first-order chi connectivity index (χ1) is 6.49. The number of Topliss-reactive ketones (excluding diaryl/α,β-unsaturated/α-hetero) is 1. The molecule has 0 aliphatic rings. The number of carbonyl (C=O) groups is 1. The van der Waals surface area contributed by atoms with E-state index in [-0.39, 0.29) is 22.9 Å². The van der Waals surface area contributed by atoms with Crippen molar-refractivity contribution in [2.45, 2.75) is 20.8 Å². The molecule has 0 aliphatic heterocycles. The van der Waals surface area contributed by atoms with E-state index in [0.29, 0.717) is 11.1 Å². The predicted molar refractivity (Wildman–Crippen MR) is 51.0 cm³/mol. The molecule has 76 valence electrons. The van der Waals surface area contributed by atoms with Crippen molar-refractivity contribution in [3.63, 3.8) is 0 Å². The summed E-state index contributed by atoms with van der Waals surface area (Å²) in [6, 6.07) is 0. The number of rotatable bonds is 2. The monoisotopic (exact) mass is 196 g/mol. The standard InChI is InChI=1S/C10H12O4/c1-5-8(12)6(2)10(13-4)14-9(5)7(3)11/h1-4H3. The molecule has 4 nitrogen and oxygen atoms in total. The van der Waals surface area contributed by atoms with Crippen molar-refractivity contribution in [3.8, 4) is 5.95 Å². The Morgan fingerprint density at radius 2 is 1.86 bits per heavy atom. The van der Waals surface area contributed by atoms with Crippen LogP contribution in [0.15, 0.2) is 9.21 Å². The van der Waals surface area contributed by atoms with Gasteiger partial charge in [-0.05, 0) is 13.8 Å². The lowest BCUT2D eigenvalue weighted by Gasteiger charge is -2.06. The molecule has 1 aromatic rings. The highest BCUT2D eigenvalue weighted by atomic mass is 16.6. The number of ketones is 1. The minimum atomic E-state index is -0.280. The number of hydrogen-bond donors (Lipinski definition) is 0. The Morgan fingerprint density at radius 1 is 1.29 bits per heavy atom. The number of methoxy groups -OCH3 is 1. The summed E-state index contributed by atoms with van der Waals surface area (Å²) in [4.78, 5) is 22.7. The molecule has 0 bridgehead atoms. The van der Waals surface area contributed by atoms with Gasteiger partial charge in [-0.1, -0.05) is 0 Å². The normalized spacial score (nSPS) is 10.0. The minimum absolute atomic E-state index is 0.0671. The highest BCUT2D eigenvalue weighted by Gasteiger charge is 2.16. The van der Waals surface area contributed by atoms with E-state index in [0.717, 1.165) is 0 Å². The Morgan fingerprint density at radius 3 is 2.29 bits per heavy atom. The van der Waals surface area contributed by atoms with E-state index in [4.69, 9.17) is 9.15 Å². The molecule has 0 saturated carbocycles. The SMILES string of the molecule is COc1oc(C(C)=O)c(C)c(=O)c1C. The minimum Gasteiger partial charge on any atom is -0.468 e. The molecule has 0 atom stereocenters. The molecule has 1 heterocycles. The molecule has 0 amide bonds. The molecule has 0 saturated heterocycles. The lowest BCUT2D eigenvalue weighted by molar-refractivity contribution is 0.0975. The second-order valence-corrected chi connectivity index (χ2v) is 3.06. The largest absolute Gasteiger partial charge is 0.468 e. The predicted octanol–water partition coefficient (Wildman–Crippen LogP) is 1.47. The molecule has 0 aliphatic carbocycles. The first-order valence-electron chi connectivity index (χ1n) is 4.18. The third kappa shape index (κ3) is 1.55. The molecule has 0 radical (unpaired) electrons. The van der Waals surface area contributed by atoms with Crippen LogP contribution in [0, 0.1) is 13.8 Å². The van der Waals surface area contributed by atoms with Gasteiger partial charge in [-0.2, -0.15) is 0 Å². The van der Waals surface area contributed by atoms with Crippen molar-refractivity contribution < 1.29 is 13.9 Å². The second-order valence-electron chi connectivity index (χ2n) is 3.06. The summed E-state index contributed by atoms with van der Waals surface area (Å²) in [6.07, 6.45) is 0.